The normalized spacial score (nSPS) is 13.4. The number of hydrogen-bond donors (Lipinski definition) is 0. The minimum absolute atomic E-state index is 0.501. The van der Waals surface area contributed by atoms with Crippen molar-refractivity contribution in [2.24, 2.45) is 5.92 Å². The van der Waals surface area contributed by atoms with Crippen molar-refractivity contribution in [1.82, 2.24) is 9.97 Å². The molecule has 0 spiro atoms. The van der Waals surface area contributed by atoms with E-state index in [1.54, 1.807) is 17.7 Å². The molecular weight excluding hydrogens is 308 g/mol. The van der Waals surface area contributed by atoms with Gasteiger partial charge in [0.1, 0.15) is 11.2 Å². The number of hydrogen-bond acceptors (Lipinski definition) is 3. The lowest BCUT2D eigenvalue weighted by atomic mass is 10.0. The van der Waals surface area contributed by atoms with Gasteiger partial charge in [0.25, 0.3) is 0 Å². The van der Waals surface area contributed by atoms with E-state index in [2.05, 4.69) is 52.7 Å². The summed E-state index contributed by atoms with van der Waals surface area (Å²) < 4.78 is 0. The molecule has 0 aliphatic rings. The van der Waals surface area contributed by atoms with Crippen LogP contribution in [0.2, 0.25) is 0 Å². The second-order valence-corrected chi connectivity index (χ2v) is 7.45. The summed E-state index contributed by atoms with van der Waals surface area (Å²) >= 11 is 5.55. The van der Waals surface area contributed by atoms with Crippen molar-refractivity contribution in [2.45, 2.75) is 44.9 Å². The maximum absolute atomic E-state index is 4.47. The van der Waals surface area contributed by atoms with E-state index in [1.807, 2.05) is 0 Å². The molecule has 2 aromatic heterocycles. The zero-order chi connectivity index (χ0) is 13.1. The van der Waals surface area contributed by atoms with E-state index in [4.69, 9.17) is 0 Å². The number of halogens is 1. The average molecular weight is 327 g/mol. The lowest BCUT2D eigenvalue weighted by molar-refractivity contribution is 0.569. The van der Waals surface area contributed by atoms with Crippen LogP contribution < -0.4 is 0 Å². The highest BCUT2D eigenvalue weighted by Gasteiger charge is 2.13. The zero-order valence-electron chi connectivity index (χ0n) is 11.1. The highest BCUT2D eigenvalue weighted by atomic mass is 79.9. The van der Waals surface area contributed by atoms with Gasteiger partial charge in [0.15, 0.2) is 0 Å². The third-order valence-corrected chi connectivity index (χ3v) is 4.84. The lowest BCUT2D eigenvalue weighted by Crippen LogP contribution is -2.08. The van der Waals surface area contributed by atoms with Gasteiger partial charge in [0.2, 0.25) is 0 Å². The molecule has 0 N–H and O–H groups in total. The molecule has 0 amide bonds. The Kier molecular flexibility index (Phi) is 4.73. The predicted molar refractivity (Wildman–Crippen MR) is 82.7 cm³/mol. The summed E-state index contributed by atoms with van der Waals surface area (Å²) in [6, 6.07) is 2.25. The largest absolute Gasteiger partial charge is 0.241 e. The van der Waals surface area contributed by atoms with Crippen molar-refractivity contribution in [3.05, 3.63) is 23.0 Å². The summed E-state index contributed by atoms with van der Waals surface area (Å²) in [5, 5.41) is 1.24. The van der Waals surface area contributed by atoms with Gasteiger partial charge in [-0.2, -0.15) is 0 Å². The molecule has 2 heterocycles. The van der Waals surface area contributed by atoms with Crippen LogP contribution in [0, 0.1) is 5.92 Å². The minimum atomic E-state index is 0.501. The molecule has 0 aliphatic heterocycles. The Morgan fingerprint density at radius 1 is 1.33 bits per heavy atom. The molecule has 0 bridgehead atoms. The Bertz CT molecular complexity index is 521. The topological polar surface area (TPSA) is 25.8 Å². The lowest BCUT2D eigenvalue weighted by Gasteiger charge is -2.11. The SMILES string of the molecule is CCc1cc2c(CC(Br)CC(C)C)ncnc2s1. The fourth-order valence-corrected chi connectivity index (χ4v) is 4.11. The number of nitrogens with zero attached hydrogens (tertiary/aromatic N) is 2. The molecule has 0 saturated carbocycles. The van der Waals surface area contributed by atoms with Gasteiger partial charge < -0.3 is 0 Å². The summed E-state index contributed by atoms with van der Waals surface area (Å²) in [5.41, 5.74) is 1.18. The van der Waals surface area contributed by atoms with Gasteiger partial charge in [-0.15, -0.1) is 11.3 Å². The van der Waals surface area contributed by atoms with Crippen LogP contribution in [0.1, 0.15) is 37.8 Å². The molecule has 2 rings (SSSR count). The molecule has 1 unspecified atom stereocenters. The summed E-state index contributed by atoms with van der Waals surface area (Å²) in [4.78, 5) is 11.9. The average Bonchev–Trinajstić information content (AvgIpc) is 2.72. The number of rotatable bonds is 5. The van der Waals surface area contributed by atoms with Crippen molar-refractivity contribution in [3.8, 4) is 0 Å². The molecule has 2 aromatic rings. The van der Waals surface area contributed by atoms with E-state index >= 15 is 0 Å². The fourth-order valence-electron chi connectivity index (χ4n) is 2.10. The third-order valence-electron chi connectivity index (χ3n) is 2.95. The molecule has 18 heavy (non-hydrogen) atoms. The van der Waals surface area contributed by atoms with Crippen LogP contribution >= 0.6 is 27.3 Å². The smallest absolute Gasteiger partial charge is 0.127 e. The number of fused-ring (bicyclic) bond motifs is 1. The van der Waals surface area contributed by atoms with Crippen molar-refractivity contribution >= 4 is 37.5 Å². The van der Waals surface area contributed by atoms with Crippen molar-refractivity contribution in [2.75, 3.05) is 0 Å². The summed E-state index contributed by atoms with van der Waals surface area (Å²) in [5.74, 6) is 0.709. The predicted octanol–water partition coefficient (Wildman–Crippen LogP) is 4.61. The second kappa shape index (κ2) is 6.11. The summed E-state index contributed by atoms with van der Waals surface area (Å²) in [6.07, 6.45) is 4.93. The second-order valence-electron chi connectivity index (χ2n) is 5.04. The maximum atomic E-state index is 4.47. The third kappa shape index (κ3) is 3.29. The van der Waals surface area contributed by atoms with E-state index in [1.165, 1.54) is 22.4 Å². The van der Waals surface area contributed by atoms with E-state index in [9.17, 15) is 0 Å². The van der Waals surface area contributed by atoms with E-state index in [0.717, 1.165) is 17.7 Å². The van der Waals surface area contributed by atoms with Gasteiger partial charge in [0, 0.05) is 21.5 Å². The Morgan fingerprint density at radius 3 is 2.78 bits per heavy atom. The first kappa shape index (κ1) is 13.9. The molecule has 98 valence electrons. The number of thiophene rings is 1. The van der Waals surface area contributed by atoms with Gasteiger partial charge in [-0.05, 0) is 24.8 Å². The van der Waals surface area contributed by atoms with Crippen molar-refractivity contribution < 1.29 is 0 Å². The molecule has 0 saturated heterocycles. The summed E-state index contributed by atoms with van der Waals surface area (Å²) in [6.45, 7) is 6.69. The molecular formula is C14H19BrN2S. The molecule has 0 aromatic carbocycles. The van der Waals surface area contributed by atoms with Crippen LogP contribution in [0.15, 0.2) is 12.4 Å². The first-order valence-corrected chi connectivity index (χ1v) is 8.19. The Morgan fingerprint density at radius 2 is 2.11 bits per heavy atom. The highest BCUT2D eigenvalue weighted by molar-refractivity contribution is 9.09. The van der Waals surface area contributed by atoms with Crippen LogP contribution in [-0.2, 0) is 12.8 Å². The standard InChI is InChI=1S/C14H19BrN2S/c1-4-11-7-12-13(6-10(15)5-9(2)3)16-8-17-14(12)18-11/h7-10H,4-6H2,1-3H3. The van der Waals surface area contributed by atoms with Gasteiger partial charge in [-0.25, -0.2) is 9.97 Å². The van der Waals surface area contributed by atoms with Crippen LogP contribution in [0.4, 0.5) is 0 Å². The van der Waals surface area contributed by atoms with Gasteiger partial charge in [-0.3, -0.25) is 0 Å². The first-order valence-electron chi connectivity index (χ1n) is 6.46. The van der Waals surface area contributed by atoms with Crippen molar-refractivity contribution in [1.29, 1.82) is 0 Å². The fraction of sp³-hybridized carbons (Fsp3) is 0.571. The minimum Gasteiger partial charge on any atom is -0.241 e. The number of aromatic nitrogens is 2. The molecule has 0 aliphatic carbocycles. The van der Waals surface area contributed by atoms with Crippen molar-refractivity contribution in [3.63, 3.8) is 0 Å². The van der Waals surface area contributed by atoms with Crippen LogP contribution in [0.3, 0.4) is 0 Å². The number of alkyl halides is 1. The summed E-state index contributed by atoms with van der Waals surface area (Å²) in [7, 11) is 0. The van der Waals surface area contributed by atoms with Gasteiger partial charge in [-0.1, -0.05) is 36.7 Å². The van der Waals surface area contributed by atoms with Gasteiger partial charge in [0.05, 0.1) is 5.69 Å². The molecule has 1 atom stereocenters. The quantitative estimate of drug-likeness (QED) is 0.750. The van der Waals surface area contributed by atoms with Crippen LogP contribution in [0.5, 0.6) is 0 Å². The zero-order valence-corrected chi connectivity index (χ0v) is 13.5. The Labute approximate surface area is 121 Å². The van der Waals surface area contributed by atoms with Gasteiger partial charge >= 0.3 is 0 Å². The number of aryl methyl sites for hydroxylation is 1. The Hall–Kier alpha value is -0.480. The van der Waals surface area contributed by atoms with Crippen LogP contribution in [-0.4, -0.2) is 14.8 Å². The maximum Gasteiger partial charge on any atom is 0.127 e. The highest BCUT2D eigenvalue weighted by Crippen LogP contribution is 2.28. The molecule has 2 nitrogen and oxygen atoms in total. The van der Waals surface area contributed by atoms with Crippen LogP contribution in [0.25, 0.3) is 10.2 Å². The Balaban J connectivity index is 2.24. The monoisotopic (exact) mass is 326 g/mol. The molecule has 4 heteroatoms. The molecule has 0 fully saturated rings. The first-order chi connectivity index (χ1) is 8.60. The van der Waals surface area contributed by atoms with E-state index in [-0.39, 0.29) is 0 Å². The van der Waals surface area contributed by atoms with E-state index < -0.39 is 0 Å². The molecule has 0 radical (unpaired) electrons. The van der Waals surface area contributed by atoms with E-state index in [0.29, 0.717) is 10.7 Å².